The van der Waals surface area contributed by atoms with Crippen molar-refractivity contribution in [2.75, 3.05) is 63.7 Å². The standard InChI is InChI=1S/C20H32N4O3/c1-20(2,3)19(26)22-15-6-7-17(23(4)5)16(14-15)18(25)21-8-9-24-10-12-27-13-11-24/h6-7,14H,8-13H2,1-5H3,(H,21,25)(H,22,26). The van der Waals surface area contributed by atoms with E-state index >= 15 is 0 Å². The number of anilines is 2. The van der Waals surface area contributed by atoms with Crippen molar-refractivity contribution in [1.82, 2.24) is 10.2 Å². The first kappa shape index (κ1) is 21.2. The summed E-state index contributed by atoms with van der Waals surface area (Å²) in [6.45, 7) is 10.2. The van der Waals surface area contributed by atoms with Crippen molar-refractivity contribution < 1.29 is 14.3 Å². The van der Waals surface area contributed by atoms with Crippen molar-refractivity contribution >= 4 is 23.2 Å². The summed E-state index contributed by atoms with van der Waals surface area (Å²) in [5.74, 6) is -0.224. The molecule has 1 aliphatic heterocycles. The van der Waals surface area contributed by atoms with E-state index in [0.717, 1.165) is 38.5 Å². The molecule has 0 saturated carbocycles. The second kappa shape index (κ2) is 9.19. The first-order valence-corrected chi connectivity index (χ1v) is 9.39. The fourth-order valence-corrected chi connectivity index (χ4v) is 2.75. The van der Waals surface area contributed by atoms with Gasteiger partial charge in [-0.25, -0.2) is 0 Å². The zero-order valence-corrected chi connectivity index (χ0v) is 17.1. The van der Waals surface area contributed by atoms with Gasteiger partial charge < -0.3 is 20.3 Å². The number of nitrogens with zero attached hydrogens (tertiary/aromatic N) is 2. The summed E-state index contributed by atoms with van der Waals surface area (Å²) >= 11 is 0. The first-order chi connectivity index (χ1) is 12.7. The maximum Gasteiger partial charge on any atom is 0.253 e. The molecule has 0 bridgehead atoms. The zero-order chi connectivity index (χ0) is 20.0. The summed E-state index contributed by atoms with van der Waals surface area (Å²) in [6.07, 6.45) is 0. The number of carbonyl (C=O) groups is 2. The molecular weight excluding hydrogens is 344 g/mol. The molecule has 1 aromatic rings. The SMILES string of the molecule is CN(C)c1ccc(NC(=O)C(C)(C)C)cc1C(=O)NCCN1CCOCC1. The fraction of sp³-hybridized carbons (Fsp3) is 0.600. The Morgan fingerprint density at radius 1 is 1.19 bits per heavy atom. The third-order valence-corrected chi connectivity index (χ3v) is 4.48. The van der Waals surface area contributed by atoms with Gasteiger partial charge in [0.05, 0.1) is 18.8 Å². The average Bonchev–Trinajstić information content (AvgIpc) is 2.61. The van der Waals surface area contributed by atoms with Crippen molar-refractivity contribution in [2.45, 2.75) is 20.8 Å². The number of amides is 2. The number of nitrogens with one attached hydrogen (secondary N) is 2. The minimum atomic E-state index is -0.499. The lowest BCUT2D eigenvalue weighted by molar-refractivity contribution is -0.123. The Morgan fingerprint density at radius 3 is 2.44 bits per heavy atom. The Kier molecular flexibility index (Phi) is 7.21. The van der Waals surface area contributed by atoms with E-state index in [1.54, 1.807) is 6.07 Å². The third kappa shape index (κ3) is 6.22. The third-order valence-electron chi connectivity index (χ3n) is 4.48. The molecule has 2 amide bonds. The maximum atomic E-state index is 12.8. The van der Waals surface area contributed by atoms with Gasteiger partial charge in [0.1, 0.15) is 0 Å². The van der Waals surface area contributed by atoms with Crippen LogP contribution in [0.1, 0.15) is 31.1 Å². The van der Waals surface area contributed by atoms with Crippen molar-refractivity contribution in [3.8, 4) is 0 Å². The summed E-state index contributed by atoms with van der Waals surface area (Å²) in [7, 11) is 3.79. The number of hydrogen-bond donors (Lipinski definition) is 2. The van der Waals surface area contributed by atoms with Crippen molar-refractivity contribution in [2.24, 2.45) is 5.41 Å². The molecule has 0 atom stereocenters. The van der Waals surface area contributed by atoms with Crippen LogP contribution in [-0.4, -0.2) is 70.2 Å². The Labute approximate surface area is 162 Å². The Balaban J connectivity index is 2.06. The highest BCUT2D eigenvalue weighted by atomic mass is 16.5. The van der Waals surface area contributed by atoms with Crippen LogP contribution in [0.2, 0.25) is 0 Å². The predicted molar refractivity (Wildman–Crippen MR) is 108 cm³/mol. The van der Waals surface area contributed by atoms with Crippen LogP contribution in [0.4, 0.5) is 11.4 Å². The van der Waals surface area contributed by atoms with Gasteiger partial charge in [0, 0.05) is 57.1 Å². The number of rotatable bonds is 6. The van der Waals surface area contributed by atoms with Crippen LogP contribution in [0.15, 0.2) is 18.2 Å². The molecule has 0 spiro atoms. The lowest BCUT2D eigenvalue weighted by atomic mass is 9.95. The number of ether oxygens (including phenoxy) is 1. The summed E-state index contributed by atoms with van der Waals surface area (Å²) in [4.78, 5) is 29.2. The van der Waals surface area contributed by atoms with Gasteiger partial charge in [-0.3, -0.25) is 14.5 Å². The minimum Gasteiger partial charge on any atom is -0.379 e. The number of benzene rings is 1. The van der Waals surface area contributed by atoms with Crippen LogP contribution in [0.5, 0.6) is 0 Å². The fourth-order valence-electron chi connectivity index (χ4n) is 2.75. The molecule has 27 heavy (non-hydrogen) atoms. The van der Waals surface area contributed by atoms with Gasteiger partial charge in [-0.1, -0.05) is 20.8 Å². The van der Waals surface area contributed by atoms with E-state index in [1.807, 2.05) is 51.9 Å². The predicted octanol–water partition coefficient (Wildman–Crippen LogP) is 1.80. The van der Waals surface area contributed by atoms with E-state index in [0.29, 0.717) is 17.8 Å². The summed E-state index contributed by atoms with van der Waals surface area (Å²) in [5, 5.41) is 5.88. The molecule has 0 aromatic heterocycles. The molecule has 1 saturated heterocycles. The van der Waals surface area contributed by atoms with Gasteiger partial charge in [-0.15, -0.1) is 0 Å². The van der Waals surface area contributed by atoms with E-state index in [4.69, 9.17) is 4.74 Å². The van der Waals surface area contributed by atoms with E-state index in [1.165, 1.54) is 0 Å². The number of carbonyl (C=O) groups excluding carboxylic acids is 2. The number of morpholine rings is 1. The lowest BCUT2D eigenvalue weighted by Crippen LogP contribution is -2.41. The van der Waals surface area contributed by atoms with Gasteiger partial charge in [-0.2, -0.15) is 0 Å². The second-order valence-corrected chi connectivity index (χ2v) is 8.04. The first-order valence-electron chi connectivity index (χ1n) is 9.39. The zero-order valence-electron chi connectivity index (χ0n) is 17.1. The highest BCUT2D eigenvalue weighted by Crippen LogP contribution is 2.24. The molecule has 1 aliphatic rings. The van der Waals surface area contributed by atoms with Gasteiger partial charge >= 0.3 is 0 Å². The smallest absolute Gasteiger partial charge is 0.253 e. The average molecular weight is 377 g/mol. The van der Waals surface area contributed by atoms with Crippen molar-refractivity contribution in [3.05, 3.63) is 23.8 Å². The largest absolute Gasteiger partial charge is 0.379 e. The van der Waals surface area contributed by atoms with Gasteiger partial charge in [-0.05, 0) is 18.2 Å². The van der Waals surface area contributed by atoms with Crippen LogP contribution >= 0.6 is 0 Å². The Morgan fingerprint density at radius 2 is 1.85 bits per heavy atom. The lowest BCUT2D eigenvalue weighted by Gasteiger charge is -2.26. The molecule has 7 heteroatoms. The van der Waals surface area contributed by atoms with Crippen molar-refractivity contribution in [1.29, 1.82) is 0 Å². The summed E-state index contributed by atoms with van der Waals surface area (Å²) < 4.78 is 5.34. The van der Waals surface area contributed by atoms with Crippen LogP contribution in [-0.2, 0) is 9.53 Å². The van der Waals surface area contributed by atoms with Gasteiger partial charge in [0.15, 0.2) is 0 Å². The molecule has 0 aliphatic carbocycles. The Bertz CT molecular complexity index is 662. The van der Waals surface area contributed by atoms with Gasteiger partial charge in [0.2, 0.25) is 5.91 Å². The highest BCUT2D eigenvalue weighted by Gasteiger charge is 2.22. The van der Waals surface area contributed by atoms with Gasteiger partial charge in [0.25, 0.3) is 5.91 Å². The molecule has 2 N–H and O–H groups in total. The molecule has 2 rings (SSSR count). The second-order valence-electron chi connectivity index (χ2n) is 8.04. The Hall–Kier alpha value is -2.12. The molecule has 0 unspecified atom stereocenters. The minimum absolute atomic E-state index is 0.0845. The van der Waals surface area contributed by atoms with E-state index in [-0.39, 0.29) is 11.8 Å². The number of hydrogen-bond acceptors (Lipinski definition) is 5. The maximum absolute atomic E-state index is 12.8. The van der Waals surface area contributed by atoms with Crippen LogP contribution in [0, 0.1) is 5.41 Å². The van der Waals surface area contributed by atoms with E-state index < -0.39 is 5.41 Å². The highest BCUT2D eigenvalue weighted by molar-refractivity contribution is 6.02. The van der Waals surface area contributed by atoms with E-state index in [9.17, 15) is 9.59 Å². The summed E-state index contributed by atoms with van der Waals surface area (Å²) in [6, 6.07) is 5.42. The van der Waals surface area contributed by atoms with Crippen molar-refractivity contribution in [3.63, 3.8) is 0 Å². The molecule has 150 valence electrons. The molecule has 1 fully saturated rings. The summed E-state index contributed by atoms with van der Waals surface area (Å²) in [5.41, 5.74) is 1.49. The van der Waals surface area contributed by atoms with Crippen LogP contribution < -0.4 is 15.5 Å². The molecule has 7 nitrogen and oxygen atoms in total. The van der Waals surface area contributed by atoms with E-state index in [2.05, 4.69) is 15.5 Å². The molecular formula is C20H32N4O3. The molecule has 1 heterocycles. The monoisotopic (exact) mass is 376 g/mol. The van der Waals surface area contributed by atoms with Crippen LogP contribution in [0.3, 0.4) is 0 Å². The van der Waals surface area contributed by atoms with Crippen LogP contribution in [0.25, 0.3) is 0 Å². The molecule has 0 radical (unpaired) electrons. The quantitative estimate of drug-likeness (QED) is 0.792. The normalized spacial score (nSPS) is 15.3. The topological polar surface area (TPSA) is 73.9 Å². The molecule has 1 aromatic carbocycles.